The van der Waals surface area contributed by atoms with Crippen LogP contribution in [0.25, 0.3) is 0 Å². The Kier molecular flexibility index (Phi) is 12.3. The third kappa shape index (κ3) is 20.5. The molecule has 0 saturated heterocycles. The number of hydrogen-bond acceptors (Lipinski definition) is 9. The summed E-state index contributed by atoms with van der Waals surface area (Å²) in [6.07, 6.45) is 0.751. The zero-order valence-electron chi connectivity index (χ0n) is 11.6. The molecule has 0 aromatic rings. The first kappa shape index (κ1) is 21.5. The minimum atomic E-state index is -3.33. The molecule has 0 N–H and O–H groups in total. The summed E-state index contributed by atoms with van der Waals surface area (Å²) in [5.74, 6) is -0.117. The van der Waals surface area contributed by atoms with Crippen molar-refractivity contribution in [1.29, 1.82) is 0 Å². The highest BCUT2D eigenvalue weighted by molar-refractivity contribution is 8.29. The molecule has 0 aliphatic rings. The largest absolute Gasteiger partial charge is 0.769 e. The van der Waals surface area contributed by atoms with Crippen molar-refractivity contribution in [2.24, 2.45) is 0 Å². The van der Waals surface area contributed by atoms with Crippen LogP contribution in [0.1, 0.15) is 12.8 Å². The number of rotatable bonds is 14. The lowest BCUT2D eigenvalue weighted by Crippen LogP contribution is -2.12. The van der Waals surface area contributed by atoms with E-state index in [4.69, 9.17) is 14.2 Å². The molecule has 2 atom stereocenters. The smallest absolute Gasteiger partial charge is 0.0701 e. The molecule has 0 amide bonds. The van der Waals surface area contributed by atoms with Crippen LogP contribution in [0.2, 0.25) is 0 Å². The molecule has 0 aliphatic carbocycles. The summed E-state index contributed by atoms with van der Waals surface area (Å²) in [4.78, 5) is 0. The van der Waals surface area contributed by atoms with Crippen LogP contribution in [0.5, 0.6) is 0 Å². The lowest BCUT2D eigenvalue weighted by molar-refractivity contribution is 0.0149. The Morgan fingerprint density at radius 2 is 0.952 bits per heavy atom. The minimum absolute atomic E-state index is 0.0585. The third-order valence-corrected chi connectivity index (χ3v) is 4.69. The van der Waals surface area contributed by atoms with Gasteiger partial charge in [-0.15, -0.1) is 0 Å². The first-order valence-corrected chi connectivity index (χ1v) is 11.5. The van der Waals surface area contributed by atoms with Crippen LogP contribution in [0, 0.1) is 0 Å². The van der Waals surface area contributed by atoms with Crippen molar-refractivity contribution in [1.82, 2.24) is 0 Å². The van der Waals surface area contributed by atoms with Crippen molar-refractivity contribution >= 4 is 39.9 Å². The van der Waals surface area contributed by atoms with Crippen molar-refractivity contribution in [3.63, 3.8) is 0 Å². The van der Waals surface area contributed by atoms with Gasteiger partial charge in [0.1, 0.15) is 0 Å². The van der Waals surface area contributed by atoms with Crippen LogP contribution in [-0.2, 0) is 54.1 Å². The van der Waals surface area contributed by atoms with E-state index >= 15 is 0 Å². The molecule has 11 heteroatoms. The average molecular weight is 381 g/mol. The molecule has 0 radical (unpaired) electrons. The standard InChI is InChI=1S/C10H22O7S4/c11-20(12,18)9-1-3-15-5-7-17-8-6-16-4-2-10-21(13,14)19/h1-10H2,(H,11,12,18)(H,13,14,19)/p-2. The van der Waals surface area contributed by atoms with Gasteiger partial charge in [0.25, 0.3) is 0 Å². The van der Waals surface area contributed by atoms with E-state index in [-0.39, 0.29) is 11.5 Å². The van der Waals surface area contributed by atoms with Gasteiger partial charge in [0.05, 0.1) is 26.4 Å². The highest BCUT2D eigenvalue weighted by atomic mass is 32.8. The van der Waals surface area contributed by atoms with E-state index in [9.17, 15) is 17.5 Å². The zero-order valence-corrected chi connectivity index (χ0v) is 14.8. The lowest BCUT2D eigenvalue weighted by atomic mass is 10.5. The molecule has 0 rings (SSSR count). The molecule has 2 unspecified atom stereocenters. The number of hydrogen-bond donors (Lipinski definition) is 0. The first-order chi connectivity index (χ1) is 9.71. The Balaban J connectivity index is 3.16. The van der Waals surface area contributed by atoms with E-state index in [2.05, 4.69) is 22.4 Å². The SMILES string of the molecule is O=S([O-])(=S)CCCOCCOCCOCCCS(=O)([O-])=S. The molecule has 128 valence electrons. The molecule has 7 nitrogen and oxygen atoms in total. The van der Waals surface area contributed by atoms with Crippen molar-refractivity contribution in [3.8, 4) is 0 Å². The maximum atomic E-state index is 10.6. The highest BCUT2D eigenvalue weighted by Crippen LogP contribution is 1.92. The zero-order chi connectivity index (χ0) is 16.2. The van der Waals surface area contributed by atoms with E-state index in [0.717, 1.165) is 0 Å². The van der Waals surface area contributed by atoms with Crippen LogP contribution in [-0.4, -0.2) is 68.7 Å². The van der Waals surface area contributed by atoms with Gasteiger partial charge in [-0.25, -0.2) is 0 Å². The summed E-state index contributed by atoms with van der Waals surface area (Å²) in [5, 5.41) is 0. The third-order valence-electron chi connectivity index (χ3n) is 2.11. The normalized spacial score (nSPS) is 17.2. The monoisotopic (exact) mass is 380 g/mol. The van der Waals surface area contributed by atoms with Crippen molar-refractivity contribution < 1.29 is 31.7 Å². The van der Waals surface area contributed by atoms with Gasteiger partial charge in [-0.2, -0.15) is 0 Å². The predicted octanol–water partition coefficient (Wildman–Crippen LogP) is -0.430. The van der Waals surface area contributed by atoms with Crippen LogP contribution in [0.4, 0.5) is 0 Å². The fraction of sp³-hybridized carbons (Fsp3) is 1.00. The summed E-state index contributed by atoms with van der Waals surface area (Å²) in [5.41, 5.74) is 0. The maximum absolute atomic E-state index is 10.6. The number of ether oxygens (including phenoxy) is 3. The second-order valence-electron chi connectivity index (χ2n) is 4.07. The van der Waals surface area contributed by atoms with Crippen molar-refractivity contribution in [2.75, 3.05) is 51.1 Å². The van der Waals surface area contributed by atoms with Gasteiger partial charge in [-0.3, -0.25) is 8.42 Å². The molecule has 0 fully saturated rings. The molecule has 0 bridgehead atoms. The topological polar surface area (TPSA) is 108 Å². The molecular weight excluding hydrogens is 360 g/mol. The van der Waals surface area contributed by atoms with Crippen LogP contribution in [0.15, 0.2) is 0 Å². The lowest BCUT2D eigenvalue weighted by Gasteiger charge is -2.11. The van der Waals surface area contributed by atoms with E-state index in [1.165, 1.54) is 0 Å². The van der Waals surface area contributed by atoms with Gasteiger partial charge >= 0.3 is 0 Å². The molecule has 0 aromatic carbocycles. The van der Waals surface area contributed by atoms with Gasteiger partial charge in [0, 0.05) is 24.7 Å². The van der Waals surface area contributed by atoms with E-state index < -0.39 is 17.5 Å². The summed E-state index contributed by atoms with van der Waals surface area (Å²) in [6, 6.07) is 0. The Bertz CT molecular complexity index is 404. The van der Waals surface area contributed by atoms with Gasteiger partial charge < -0.3 is 23.3 Å². The highest BCUT2D eigenvalue weighted by Gasteiger charge is 1.95. The quantitative estimate of drug-likeness (QED) is 0.371. The van der Waals surface area contributed by atoms with Gasteiger partial charge in [-0.1, -0.05) is 0 Å². The predicted molar refractivity (Wildman–Crippen MR) is 84.0 cm³/mol. The summed E-state index contributed by atoms with van der Waals surface area (Å²) in [6.45, 7) is 2.14. The molecule has 0 spiro atoms. The molecule has 0 saturated carbocycles. The fourth-order valence-electron chi connectivity index (χ4n) is 1.22. The van der Waals surface area contributed by atoms with Crippen molar-refractivity contribution in [3.05, 3.63) is 0 Å². The van der Waals surface area contributed by atoms with Gasteiger partial charge in [-0.05, 0) is 52.8 Å². The molecule has 0 heterocycles. The van der Waals surface area contributed by atoms with Crippen molar-refractivity contribution in [2.45, 2.75) is 12.8 Å². The summed E-state index contributed by atoms with van der Waals surface area (Å²) < 4.78 is 58.1. The Hall–Kier alpha value is 0.540. The minimum Gasteiger partial charge on any atom is -0.769 e. The Morgan fingerprint density at radius 3 is 1.24 bits per heavy atom. The van der Waals surface area contributed by atoms with Crippen LogP contribution < -0.4 is 0 Å². The molecule has 0 aliphatic heterocycles. The summed E-state index contributed by atoms with van der Waals surface area (Å²) in [7, 11) is -6.67. The Labute approximate surface area is 135 Å². The molecule has 21 heavy (non-hydrogen) atoms. The van der Waals surface area contributed by atoms with E-state index in [0.29, 0.717) is 52.5 Å². The first-order valence-electron chi connectivity index (χ1n) is 6.31. The Morgan fingerprint density at radius 1 is 0.667 bits per heavy atom. The van der Waals surface area contributed by atoms with E-state index in [1.54, 1.807) is 0 Å². The van der Waals surface area contributed by atoms with Crippen LogP contribution >= 0.6 is 0 Å². The second kappa shape index (κ2) is 12.0. The fourth-order valence-corrected chi connectivity index (χ4v) is 2.87. The molecular formula is C10H20O7S4-2. The van der Waals surface area contributed by atoms with E-state index in [1.807, 2.05) is 0 Å². The van der Waals surface area contributed by atoms with Gasteiger partial charge in [0.2, 0.25) is 0 Å². The summed E-state index contributed by atoms with van der Waals surface area (Å²) >= 11 is 8.45. The average Bonchev–Trinajstić information content (AvgIpc) is 2.32. The second-order valence-corrected chi connectivity index (χ2v) is 10.2. The van der Waals surface area contributed by atoms with Crippen LogP contribution in [0.3, 0.4) is 0 Å². The maximum Gasteiger partial charge on any atom is 0.0701 e. The molecule has 0 aromatic heterocycles. The van der Waals surface area contributed by atoms with Gasteiger partial charge in [0.15, 0.2) is 0 Å².